The molecule has 0 bridgehead atoms. The third-order valence-corrected chi connectivity index (χ3v) is 1.61. The molecular weight excluding hydrogens is 180 g/mol. The van der Waals surface area contributed by atoms with Crippen LogP contribution in [0.1, 0.15) is 13.8 Å². The summed E-state index contributed by atoms with van der Waals surface area (Å²) in [5, 5.41) is 2.61. The van der Waals surface area contributed by atoms with E-state index in [9.17, 15) is 9.59 Å². The van der Waals surface area contributed by atoms with Gasteiger partial charge in [-0.2, -0.15) is 0 Å². The van der Waals surface area contributed by atoms with Crippen molar-refractivity contribution in [3.63, 3.8) is 0 Å². The van der Waals surface area contributed by atoms with Gasteiger partial charge in [0.25, 0.3) is 5.91 Å². The zero-order valence-electron chi connectivity index (χ0n) is 8.59. The molecule has 0 spiro atoms. The van der Waals surface area contributed by atoms with Crippen LogP contribution in [-0.4, -0.2) is 18.4 Å². The number of carbonyl (C=O) groups excluding carboxylic acids is 2. The lowest BCUT2D eigenvalue weighted by Gasteiger charge is -2.09. The zero-order valence-corrected chi connectivity index (χ0v) is 8.59. The van der Waals surface area contributed by atoms with Gasteiger partial charge in [0.15, 0.2) is 0 Å². The van der Waals surface area contributed by atoms with Crippen molar-refractivity contribution in [1.29, 1.82) is 0 Å². The molecule has 14 heavy (non-hydrogen) atoms. The summed E-state index contributed by atoms with van der Waals surface area (Å²) in [5.41, 5.74) is 4.93. The summed E-state index contributed by atoms with van der Waals surface area (Å²) in [4.78, 5) is 22.0. The Morgan fingerprint density at radius 2 is 1.79 bits per heavy atom. The average molecular weight is 196 g/mol. The second-order valence-electron chi connectivity index (χ2n) is 3.43. The van der Waals surface area contributed by atoms with E-state index in [2.05, 4.69) is 18.5 Å². The van der Waals surface area contributed by atoms with Crippen LogP contribution in [0.3, 0.4) is 0 Å². The van der Waals surface area contributed by atoms with Gasteiger partial charge in [-0.15, -0.1) is 0 Å². The average Bonchev–Trinajstić information content (AvgIpc) is 2.11. The molecule has 3 N–H and O–H groups in total. The Labute approximate surface area is 83.9 Å². The van der Waals surface area contributed by atoms with Crippen molar-refractivity contribution in [2.75, 3.05) is 6.54 Å². The number of carbonyl (C=O) groups is 2. The van der Waals surface area contributed by atoms with E-state index in [4.69, 9.17) is 5.73 Å². The van der Waals surface area contributed by atoms with Gasteiger partial charge in [-0.3, -0.25) is 9.59 Å². The zero-order chi connectivity index (χ0) is 11.3. The van der Waals surface area contributed by atoms with Crippen LogP contribution >= 0.6 is 0 Å². The van der Waals surface area contributed by atoms with Gasteiger partial charge in [-0.1, -0.05) is 27.0 Å². The molecule has 0 fully saturated rings. The fourth-order valence-electron chi connectivity index (χ4n) is 0.689. The number of hydrogen-bond acceptors (Lipinski definition) is 2. The van der Waals surface area contributed by atoms with Crippen LogP contribution in [0.5, 0.6) is 0 Å². The van der Waals surface area contributed by atoms with Crippen molar-refractivity contribution in [2.45, 2.75) is 13.8 Å². The van der Waals surface area contributed by atoms with Crippen molar-refractivity contribution in [2.24, 2.45) is 11.7 Å². The Morgan fingerprint density at radius 3 is 2.14 bits per heavy atom. The molecule has 0 aliphatic heterocycles. The topological polar surface area (TPSA) is 72.2 Å². The summed E-state index contributed by atoms with van der Waals surface area (Å²) in [6.45, 7) is 11.3. The summed E-state index contributed by atoms with van der Waals surface area (Å²) >= 11 is 0. The first-order valence-corrected chi connectivity index (χ1v) is 4.32. The maximum absolute atomic E-state index is 11.3. The van der Waals surface area contributed by atoms with E-state index in [1.165, 1.54) is 0 Å². The number of amides is 2. The first-order chi connectivity index (χ1) is 6.36. The minimum Gasteiger partial charge on any atom is -0.366 e. The maximum Gasteiger partial charge on any atom is 0.251 e. The number of nitrogens with two attached hydrogens (primary N) is 1. The van der Waals surface area contributed by atoms with Gasteiger partial charge in [-0.25, -0.2) is 0 Å². The van der Waals surface area contributed by atoms with Crippen LogP contribution in [0, 0.1) is 5.92 Å². The van der Waals surface area contributed by atoms with Crippen molar-refractivity contribution in [3.8, 4) is 0 Å². The van der Waals surface area contributed by atoms with Crippen LogP contribution in [-0.2, 0) is 9.59 Å². The first-order valence-electron chi connectivity index (χ1n) is 4.32. The standard InChI is InChI=1S/C10H16N2O2/c1-6(2)5-12-10(14)8(4)7(3)9(11)13/h6H,3-5H2,1-2H3,(H2,11,13)(H,12,14). The van der Waals surface area contributed by atoms with Crippen molar-refractivity contribution < 1.29 is 9.59 Å². The van der Waals surface area contributed by atoms with Crippen LogP contribution in [0.4, 0.5) is 0 Å². The molecule has 2 amide bonds. The normalized spacial score (nSPS) is 9.64. The Bertz CT molecular complexity index is 280. The van der Waals surface area contributed by atoms with Gasteiger partial charge in [0, 0.05) is 17.7 Å². The first kappa shape index (κ1) is 12.4. The van der Waals surface area contributed by atoms with Crippen molar-refractivity contribution >= 4 is 11.8 Å². The van der Waals surface area contributed by atoms with Gasteiger partial charge >= 0.3 is 0 Å². The fourth-order valence-corrected chi connectivity index (χ4v) is 0.689. The largest absolute Gasteiger partial charge is 0.366 e. The molecule has 4 nitrogen and oxygen atoms in total. The van der Waals surface area contributed by atoms with E-state index in [-0.39, 0.29) is 11.1 Å². The highest BCUT2D eigenvalue weighted by atomic mass is 16.2. The minimum absolute atomic E-state index is 0.0261. The van der Waals surface area contributed by atoms with E-state index in [1.807, 2.05) is 13.8 Å². The molecule has 0 rings (SSSR count). The summed E-state index contributed by atoms with van der Waals surface area (Å²) in [5.74, 6) is -0.786. The summed E-state index contributed by atoms with van der Waals surface area (Å²) < 4.78 is 0. The van der Waals surface area contributed by atoms with E-state index in [0.29, 0.717) is 12.5 Å². The molecule has 4 heteroatoms. The molecule has 0 saturated carbocycles. The van der Waals surface area contributed by atoms with Gasteiger partial charge in [-0.05, 0) is 5.92 Å². The lowest BCUT2D eigenvalue weighted by Crippen LogP contribution is -2.30. The van der Waals surface area contributed by atoms with Crippen molar-refractivity contribution in [1.82, 2.24) is 5.32 Å². The van der Waals surface area contributed by atoms with Gasteiger partial charge < -0.3 is 11.1 Å². The number of hydrogen-bond donors (Lipinski definition) is 2. The van der Waals surface area contributed by atoms with Gasteiger partial charge in [0.1, 0.15) is 0 Å². The number of primary amides is 1. The van der Waals surface area contributed by atoms with Crippen LogP contribution in [0.25, 0.3) is 0 Å². The highest BCUT2D eigenvalue weighted by Crippen LogP contribution is 2.04. The lowest BCUT2D eigenvalue weighted by atomic mass is 10.1. The highest BCUT2D eigenvalue weighted by molar-refractivity contribution is 6.09. The fraction of sp³-hybridized carbons (Fsp3) is 0.400. The van der Waals surface area contributed by atoms with E-state index >= 15 is 0 Å². The Hall–Kier alpha value is -1.58. The van der Waals surface area contributed by atoms with Gasteiger partial charge in [0.05, 0.1) is 0 Å². The molecule has 0 heterocycles. The molecule has 0 atom stereocenters. The molecule has 0 radical (unpaired) electrons. The van der Waals surface area contributed by atoms with E-state index < -0.39 is 11.8 Å². The Kier molecular flexibility index (Phi) is 4.63. The summed E-state index contributed by atoms with van der Waals surface area (Å²) in [6, 6.07) is 0. The third-order valence-electron chi connectivity index (χ3n) is 1.61. The molecule has 0 saturated heterocycles. The maximum atomic E-state index is 11.3. The SMILES string of the molecule is C=C(C(=C)C(=O)NCC(C)C)C(N)=O. The van der Waals surface area contributed by atoms with Gasteiger partial charge in [0.2, 0.25) is 5.91 Å². The molecule has 0 aromatic heterocycles. The molecule has 0 aliphatic rings. The molecular formula is C10H16N2O2. The van der Waals surface area contributed by atoms with E-state index in [1.54, 1.807) is 0 Å². The van der Waals surface area contributed by atoms with Crippen LogP contribution in [0.2, 0.25) is 0 Å². The molecule has 0 unspecified atom stereocenters. The monoisotopic (exact) mass is 196 g/mol. The van der Waals surface area contributed by atoms with Crippen LogP contribution in [0.15, 0.2) is 24.3 Å². The second-order valence-corrected chi connectivity index (χ2v) is 3.43. The minimum atomic E-state index is -0.727. The second kappa shape index (κ2) is 5.21. The molecule has 0 aliphatic carbocycles. The summed E-state index contributed by atoms with van der Waals surface area (Å²) in [6.07, 6.45) is 0. The number of rotatable bonds is 5. The number of nitrogens with one attached hydrogen (secondary N) is 1. The lowest BCUT2D eigenvalue weighted by molar-refractivity contribution is -0.119. The molecule has 0 aromatic rings. The Morgan fingerprint density at radius 1 is 1.29 bits per heavy atom. The smallest absolute Gasteiger partial charge is 0.251 e. The van der Waals surface area contributed by atoms with Crippen LogP contribution < -0.4 is 11.1 Å². The predicted octanol–water partition coefficient (Wildman–Crippen LogP) is 0.356. The highest BCUT2D eigenvalue weighted by Gasteiger charge is 2.13. The van der Waals surface area contributed by atoms with E-state index in [0.717, 1.165) is 0 Å². The van der Waals surface area contributed by atoms with Crippen molar-refractivity contribution in [3.05, 3.63) is 24.3 Å². The third kappa shape index (κ3) is 3.89. The molecule has 78 valence electrons. The quantitative estimate of drug-likeness (QED) is 0.492. The Balaban J connectivity index is 4.20. The molecule has 0 aromatic carbocycles. The summed E-state index contributed by atoms with van der Waals surface area (Å²) in [7, 11) is 0. The predicted molar refractivity (Wildman–Crippen MR) is 55.3 cm³/mol.